The van der Waals surface area contributed by atoms with E-state index in [0.717, 1.165) is 35.5 Å². The van der Waals surface area contributed by atoms with E-state index in [0.29, 0.717) is 23.7 Å². The Balaban J connectivity index is 2.25. The van der Waals surface area contributed by atoms with Gasteiger partial charge in [-0.2, -0.15) is 5.10 Å². The average molecular weight is 371 g/mol. The predicted molar refractivity (Wildman–Crippen MR) is 102 cm³/mol. The summed E-state index contributed by atoms with van der Waals surface area (Å²) in [5.74, 6) is 1.28. The van der Waals surface area contributed by atoms with E-state index >= 15 is 0 Å². The number of hydrogen-bond donors (Lipinski definition) is 2. The molecule has 2 N–H and O–H groups in total. The van der Waals surface area contributed by atoms with Crippen molar-refractivity contribution in [1.29, 1.82) is 0 Å². The van der Waals surface area contributed by atoms with Crippen LogP contribution in [-0.4, -0.2) is 37.0 Å². The molecule has 2 heterocycles. The lowest BCUT2D eigenvalue weighted by molar-refractivity contribution is -0.138. The Bertz CT molecular complexity index is 857. The zero-order valence-electron chi connectivity index (χ0n) is 16.1. The van der Waals surface area contributed by atoms with Gasteiger partial charge in [-0.05, 0) is 19.4 Å². The van der Waals surface area contributed by atoms with Gasteiger partial charge in [-0.15, -0.1) is 0 Å². The molecule has 1 aliphatic heterocycles. The number of allylic oxidation sites excluding steroid dienone is 1. The SMILES string of the molecule is CCCC1=C(C(=O)OCC)C(c2cccc(OC)c2OC)c2cn[nH]c2N1. The highest BCUT2D eigenvalue weighted by molar-refractivity contribution is 5.94. The van der Waals surface area contributed by atoms with Crippen LogP contribution in [-0.2, 0) is 9.53 Å². The van der Waals surface area contributed by atoms with Crippen LogP contribution >= 0.6 is 0 Å². The van der Waals surface area contributed by atoms with Crippen LogP contribution in [0.5, 0.6) is 11.5 Å². The Morgan fingerprint density at radius 3 is 2.67 bits per heavy atom. The van der Waals surface area contributed by atoms with Gasteiger partial charge >= 0.3 is 5.97 Å². The zero-order chi connectivity index (χ0) is 19.4. The molecule has 0 spiro atoms. The second-order valence-corrected chi connectivity index (χ2v) is 6.20. The highest BCUT2D eigenvalue weighted by Gasteiger charge is 2.37. The van der Waals surface area contributed by atoms with E-state index in [2.05, 4.69) is 22.4 Å². The summed E-state index contributed by atoms with van der Waals surface area (Å²) in [5.41, 5.74) is 3.11. The summed E-state index contributed by atoms with van der Waals surface area (Å²) in [5, 5.41) is 10.5. The topological polar surface area (TPSA) is 85.5 Å². The number of fused-ring (bicyclic) bond motifs is 1. The fourth-order valence-corrected chi connectivity index (χ4v) is 3.52. The van der Waals surface area contributed by atoms with Gasteiger partial charge in [0.05, 0.1) is 38.5 Å². The Labute approximate surface area is 158 Å². The number of aromatic amines is 1. The molecule has 1 atom stereocenters. The largest absolute Gasteiger partial charge is 0.493 e. The van der Waals surface area contributed by atoms with Gasteiger partial charge in [0.2, 0.25) is 0 Å². The lowest BCUT2D eigenvalue weighted by atomic mass is 9.81. The maximum absolute atomic E-state index is 12.9. The van der Waals surface area contributed by atoms with E-state index in [1.165, 1.54) is 0 Å². The number of rotatable bonds is 7. The number of nitrogens with one attached hydrogen (secondary N) is 2. The van der Waals surface area contributed by atoms with Crippen LogP contribution in [0.4, 0.5) is 5.82 Å². The van der Waals surface area contributed by atoms with Crippen LogP contribution in [0.1, 0.15) is 43.7 Å². The zero-order valence-corrected chi connectivity index (χ0v) is 16.1. The van der Waals surface area contributed by atoms with Crippen molar-refractivity contribution in [3.8, 4) is 11.5 Å². The van der Waals surface area contributed by atoms with E-state index < -0.39 is 0 Å². The number of H-pyrrole nitrogens is 1. The van der Waals surface area contributed by atoms with Crippen molar-refractivity contribution in [2.45, 2.75) is 32.6 Å². The van der Waals surface area contributed by atoms with Crippen LogP contribution in [0.15, 0.2) is 35.7 Å². The van der Waals surface area contributed by atoms with Gasteiger partial charge in [0.15, 0.2) is 11.5 Å². The first kappa shape index (κ1) is 18.8. The number of aromatic nitrogens is 2. The summed E-state index contributed by atoms with van der Waals surface area (Å²) in [4.78, 5) is 12.9. The van der Waals surface area contributed by atoms with E-state index in [4.69, 9.17) is 14.2 Å². The first-order valence-electron chi connectivity index (χ1n) is 9.07. The summed E-state index contributed by atoms with van der Waals surface area (Å²) in [7, 11) is 3.19. The highest BCUT2D eigenvalue weighted by Crippen LogP contribution is 2.47. The van der Waals surface area contributed by atoms with Gasteiger partial charge in [-0.25, -0.2) is 4.79 Å². The smallest absolute Gasteiger partial charge is 0.336 e. The second kappa shape index (κ2) is 8.16. The molecule has 0 saturated heterocycles. The molecule has 1 aromatic carbocycles. The third-order valence-electron chi connectivity index (χ3n) is 4.61. The minimum absolute atomic E-state index is 0.307. The molecule has 2 aromatic rings. The maximum Gasteiger partial charge on any atom is 0.336 e. The lowest BCUT2D eigenvalue weighted by Crippen LogP contribution is -2.25. The maximum atomic E-state index is 12.9. The molecule has 0 fully saturated rings. The Kier molecular flexibility index (Phi) is 5.69. The number of carbonyl (C=O) groups is 1. The Morgan fingerprint density at radius 2 is 2.00 bits per heavy atom. The predicted octanol–water partition coefficient (Wildman–Crippen LogP) is 3.60. The van der Waals surface area contributed by atoms with E-state index in [1.807, 2.05) is 18.2 Å². The van der Waals surface area contributed by atoms with Crippen molar-refractivity contribution in [3.05, 3.63) is 46.8 Å². The van der Waals surface area contributed by atoms with Crippen LogP contribution in [0.2, 0.25) is 0 Å². The minimum Gasteiger partial charge on any atom is -0.493 e. The summed E-state index contributed by atoms with van der Waals surface area (Å²) < 4.78 is 16.5. The van der Waals surface area contributed by atoms with Crippen molar-refractivity contribution in [3.63, 3.8) is 0 Å². The fourth-order valence-electron chi connectivity index (χ4n) is 3.52. The van der Waals surface area contributed by atoms with E-state index in [9.17, 15) is 4.79 Å². The monoisotopic (exact) mass is 371 g/mol. The molecule has 27 heavy (non-hydrogen) atoms. The molecule has 3 rings (SSSR count). The van der Waals surface area contributed by atoms with Crippen molar-refractivity contribution in [2.75, 3.05) is 26.1 Å². The number of esters is 1. The van der Waals surface area contributed by atoms with Gasteiger partial charge in [-0.1, -0.05) is 25.5 Å². The molecule has 0 amide bonds. The van der Waals surface area contributed by atoms with Crippen molar-refractivity contribution in [2.24, 2.45) is 0 Å². The normalized spacial score (nSPS) is 15.8. The van der Waals surface area contributed by atoms with Crippen molar-refractivity contribution < 1.29 is 19.0 Å². The van der Waals surface area contributed by atoms with Gasteiger partial charge in [0.1, 0.15) is 5.82 Å². The number of para-hydroxylation sites is 1. The number of benzene rings is 1. The molecule has 0 aliphatic carbocycles. The summed E-state index contributed by atoms with van der Waals surface area (Å²) in [6.07, 6.45) is 3.33. The third kappa shape index (κ3) is 3.37. The number of carbonyl (C=O) groups excluding carboxylic acids is 1. The number of hydrogen-bond acceptors (Lipinski definition) is 6. The average Bonchev–Trinajstić information content (AvgIpc) is 3.14. The fraction of sp³-hybridized carbons (Fsp3) is 0.400. The third-order valence-corrected chi connectivity index (χ3v) is 4.61. The van der Waals surface area contributed by atoms with Crippen molar-refractivity contribution in [1.82, 2.24) is 10.2 Å². The molecule has 0 saturated carbocycles. The van der Waals surface area contributed by atoms with E-state index in [-0.39, 0.29) is 11.9 Å². The number of nitrogens with zero attached hydrogens (tertiary/aromatic N) is 1. The molecule has 1 aromatic heterocycles. The molecule has 7 nitrogen and oxygen atoms in total. The van der Waals surface area contributed by atoms with Gasteiger partial charge in [-0.3, -0.25) is 5.10 Å². The lowest BCUT2D eigenvalue weighted by Gasteiger charge is -2.29. The minimum atomic E-state index is -0.370. The summed E-state index contributed by atoms with van der Waals surface area (Å²) in [6.45, 7) is 4.18. The molecule has 144 valence electrons. The summed E-state index contributed by atoms with van der Waals surface area (Å²) in [6, 6.07) is 5.66. The van der Waals surface area contributed by atoms with E-state index in [1.54, 1.807) is 27.3 Å². The Hall–Kier alpha value is -2.96. The van der Waals surface area contributed by atoms with Gasteiger partial charge < -0.3 is 19.5 Å². The molecule has 0 radical (unpaired) electrons. The van der Waals surface area contributed by atoms with Crippen molar-refractivity contribution >= 4 is 11.8 Å². The second-order valence-electron chi connectivity index (χ2n) is 6.20. The number of methoxy groups -OCH3 is 2. The van der Waals surface area contributed by atoms with Crippen LogP contribution in [0.25, 0.3) is 0 Å². The molecular formula is C20H25N3O4. The van der Waals surface area contributed by atoms with Gasteiger partial charge in [0.25, 0.3) is 0 Å². The standard InChI is InChI=1S/C20H25N3O4/c1-5-8-14-17(20(24)27-6-2)16(13-11-21-23-19(13)22-14)12-9-7-10-15(25-3)18(12)26-4/h7,9-11,16H,5-6,8H2,1-4H3,(H2,21,22,23). The van der Waals surface area contributed by atoms with Gasteiger partial charge in [0, 0.05) is 16.8 Å². The molecule has 1 aliphatic rings. The first-order chi connectivity index (χ1) is 13.2. The quantitative estimate of drug-likeness (QED) is 0.724. The molecule has 0 bridgehead atoms. The summed E-state index contributed by atoms with van der Waals surface area (Å²) >= 11 is 0. The first-order valence-corrected chi connectivity index (χ1v) is 9.07. The highest BCUT2D eigenvalue weighted by atomic mass is 16.5. The molecule has 7 heteroatoms. The molecular weight excluding hydrogens is 346 g/mol. The van der Waals surface area contributed by atoms with Crippen LogP contribution in [0, 0.1) is 0 Å². The van der Waals surface area contributed by atoms with Crippen LogP contribution in [0.3, 0.4) is 0 Å². The Morgan fingerprint density at radius 1 is 1.19 bits per heavy atom. The molecule has 1 unspecified atom stereocenters. The van der Waals surface area contributed by atoms with Crippen LogP contribution < -0.4 is 14.8 Å². The number of anilines is 1. The number of ether oxygens (including phenoxy) is 3.